The van der Waals surface area contributed by atoms with Crippen LogP contribution < -0.4 is 0 Å². The predicted molar refractivity (Wildman–Crippen MR) is 84.6 cm³/mol. The molecule has 0 saturated carbocycles. The lowest BCUT2D eigenvalue weighted by molar-refractivity contribution is 0.478. The van der Waals surface area contributed by atoms with Crippen molar-refractivity contribution in [2.45, 2.75) is 26.8 Å². The molecule has 0 spiro atoms. The van der Waals surface area contributed by atoms with Crippen molar-refractivity contribution in [1.29, 1.82) is 0 Å². The molecule has 0 amide bonds. The van der Waals surface area contributed by atoms with Crippen molar-refractivity contribution in [3.05, 3.63) is 54.3 Å². The first-order chi connectivity index (χ1) is 10.2. The number of aromatic nitrogens is 2. The third-order valence-corrected chi connectivity index (χ3v) is 3.95. The molecule has 1 aromatic heterocycles. The van der Waals surface area contributed by atoms with Gasteiger partial charge in [0, 0.05) is 12.1 Å². The van der Waals surface area contributed by atoms with Crippen molar-refractivity contribution in [1.82, 2.24) is 9.55 Å². The summed E-state index contributed by atoms with van der Waals surface area (Å²) in [5.74, 6) is 1.27. The number of para-hydroxylation sites is 2. The third-order valence-electron chi connectivity index (χ3n) is 3.95. The molecule has 2 aromatic carbocycles. The molecule has 0 aliphatic carbocycles. The summed E-state index contributed by atoms with van der Waals surface area (Å²) in [5.41, 5.74) is 3.08. The van der Waals surface area contributed by atoms with E-state index in [1.807, 2.05) is 18.2 Å². The van der Waals surface area contributed by atoms with Crippen molar-refractivity contribution < 1.29 is 4.39 Å². The van der Waals surface area contributed by atoms with Gasteiger partial charge in [-0.15, -0.1) is 0 Å². The maximum absolute atomic E-state index is 13.1. The second-order valence-corrected chi connectivity index (χ2v) is 5.56. The summed E-state index contributed by atoms with van der Waals surface area (Å²) in [6, 6.07) is 14.7. The molecule has 0 N–H and O–H groups in total. The van der Waals surface area contributed by atoms with Gasteiger partial charge in [0.2, 0.25) is 0 Å². The molecular weight excluding hydrogens is 263 g/mol. The van der Waals surface area contributed by atoms with Crippen LogP contribution >= 0.6 is 0 Å². The summed E-state index contributed by atoms with van der Waals surface area (Å²) in [7, 11) is 0. The minimum absolute atomic E-state index is 0.219. The van der Waals surface area contributed by atoms with Gasteiger partial charge in [0.1, 0.15) is 11.6 Å². The van der Waals surface area contributed by atoms with Crippen LogP contribution in [-0.4, -0.2) is 9.55 Å². The second-order valence-electron chi connectivity index (χ2n) is 5.56. The average molecular weight is 282 g/mol. The summed E-state index contributed by atoms with van der Waals surface area (Å²) in [4.78, 5) is 4.74. The molecule has 1 heterocycles. The van der Waals surface area contributed by atoms with Gasteiger partial charge in [-0.3, -0.25) is 0 Å². The fraction of sp³-hybridized carbons (Fsp3) is 0.278. The zero-order chi connectivity index (χ0) is 14.8. The van der Waals surface area contributed by atoms with Gasteiger partial charge in [0.05, 0.1) is 11.0 Å². The van der Waals surface area contributed by atoms with E-state index in [1.54, 1.807) is 12.1 Å². The minimum Gasteiger partial charge on any atom is -0.324 e. The monoisotopic (exact) mass is 282 g/mol. The van der Waals surface area contributed by atoms with E-state index >= 15 is 0 Å². The lowest BCUT2D eigenvalue weighted by atomic mass is 10.1. The van der Waals surface area contributed by atoms with Gasteiger partial charge < -0.3 is 4.57 Å². The SMILES string of the molecule is CCC(C)Cn1c(-c2ccc(F)cc2)nc2ccccc21. The lowest BCUT2D eigenvalue weighted by Gasteiger charge is -2.14. The van der Waals surface area contributed by atoms with Crippen molar-refractivity contribution in [3.63, 3.8) is 0 Å². The number of halogens is 1. The molecule has 0 fully saturated rings. The Balaban J connectivity index is 2.16. The van der Waals surface area contributed by atoms with Crippen LogP contribution in [0.5, 0.6) is 0 Å². The summed E-state index contributed by atoms with van der Waals surface area (Å²) in [6.45, 7) is 5.36. The molecule has 0 radical (unpaired) electrons. The Morgan fingerprint density at radius 3 is 2.52 bits per heavy atom. The molecule has 0 saturated heterocycles. The van der Waals surface area contributed by atoms with E-state index in [-0.39, 0.29) is 5.82 Å². The molecule has 0 aliphatic heterocycles. The van der Waals surface area contributed by atoms with E-state index in [1.165, 1.54) is 12.1 Å². The van der Waals surface area contributed by atoms with Crippen LogP contribution in [0.4, 0.5) is 4.39 Å². The maximum Gasteiger partial charge on any atom is 0.141 e. The van der Waals surface area contributed by atoms with Gasteiger partial charge in [0.15, 0.2) is 0 Å². The topological polar surface area (TPSA) is 17.8 Å². The molecule has 21 heavy (non-hydrogen) atoms. The van der Waals surface area contributed by atoms with Crippen LogP contribution in [0.1, 0.15) is 20.3 Å². The van der Waals surface area contributed by atoms with Gasteiger partial charge in [-0.05, 0) is 42.3 Å². The molecule has 1 atom stereocenters. The number of hydrogen-bond acceptors (Lipinski definition) is 1. The quantitative estimate of drug-likeness (QED) is 0.666. The van der Waals surface area contributed by atoms with Gasteiger partial charge in [-0.1, -0.05) is 32.4 Å². The standard InChI is InChI=1S/C18H19FN2/c1-3-13(2)12-21-17-7-5-4-6-16(17)20-18(21)14-8-10-15(19)11-9-14/h4-11,13H,3,12H2,1-2H3. The molecule has 3 rings (SSSR count). The van der Waals surface area contributed by atoms with Crippen LogP contribution in [0.3, 0.4) is 0 Å². The van der Waals surface area contributed by atoms with E-state index in [9.17, 15) is 4.39 Å². The lowest BCUT2D eigenvalue weighted by Crippen LogP contribution is -2.08. The van der Waals surface area contributed by atoms with Gasteiger partial charge in [0.25, 0.3) is 0 Å². The van der Waals surface area contributed by atoms with Crippen molar-refractivity contribution in [2.24, 2.45) is 5.92 Å². The Bertz CT molecular complexity index is 744. The summed E-state index contributed by atoms with van der Waals surface area (Å²) >= 11 is 0. The Kier molecular flexibility index (Phi) is 3.74. The number of imidazole rings is 1. The molecule has 0 bridgehead atoms. The smallest absolute Gasteiger partial charge is 0.141 e. The highest BCUT2D eigenvalue weighted by Gasteiger charge is 2.14. The predicted octanol–water partition coefficient (Wildman–Crippen LogP) is 4.89. The van der Waals surface area contributed by atoms with E-state index < -0.39 is 0 Å². The highest BCUT2D eigenvalue weighted by atomic mass is 19.1. The van der Waals surface area contributed by atoms with Crippen molar-refractivity contribution >= 4 is 11.0 Å². The third kappa shape index (κ3) is 2.68. The van der Waals surface area contributed by atoms with Gasteiger partial charge >= 0.3 is 0 Å². The molecule has 108 valence electrons. The average Bonchev–Trinajstić information content (AvgIpc) is 2.87. The largest absolute Gasteiger partial charge is 0.324 e. The number of nitrogens with zero attached hydrogens (tertiary/aromatic N) is 2. The fourth-order valence-corrected chi connectivity index (χ4v) is 2.52. The number of hydrogen-bond donors (Lipinski definition) is 0. The zero-order valence-corrected chi connectivity index (χ0v) is 12.4. The Morgan fingerprint density at radius 1 is 1.10 bits per heavy atom. The molecule has 1 unspecified atom stereocenters. The highest BCUT2D eigenvalue weighted by Crippen LogP contribution is 2.26. The molecule has 3 heteroatoms. The number of benzene rings is 2. The molecule has 3 aromatic rings. The Hall–Kier alpha value is -2.16. The first-order valence-electron chi connectivity index (χ1n) is 7.40. The number of rotatable bonds is 4. The molecule has 0 aliphatic rings. The van der Waals surface area contributed by atoms with E-state index in [0.29, 0.717) is 5.92 Å². The van der Waals surface area contributed by atoms with Gasteiger partial charge in [-0.2, -0.15) is 0 Å². The first-order valence-corrected chi connectivity index (χ1v) is 7.40. The van der Waals surface area contributed by atoms with Gasteiger partial charge in [-0.25, -0.2) is 9.37 Å². The van der Waals surface area contributed by atoms with Crippen molar-refractivity contribution in [2.75, 3.05) is 0 Å². The highest BCUT2D eigenvalue weighted by molar-refractivity contribution is 5.80. The van der Waals surface area contributed by atoms with E-state index in [0.717, 1.165) is 35.4 Å². The molecule has 2 nitrogen and oxygen atoms in total. The first kappa shape index (κ1) is 13.8. The second kappa shape index (κ2) is 5.68. The Labute approximate surface area is 124 Å². The van der Waals surface area contributed by atoms with Crippen LogP contribution in [0.2, 0.25) is 0 Å². The van der Waals surface area contributed by atoms with Crippen LogP contribution in [0.25, 0.3) is 22.4 Å². The summed E-state index contributed by atoms with van der Waals surface area (Å²) in [5, 5.41) is 0. The summed E-state index contributed by atoms with van der Waals surface area (Å²) in [6.07, 6.45) is 1.12. The van der Waals surface area contributed by atoms with E-state index in [2.05, 4.69) is 24.5 Å². The normalized spacial score (nSPS) is 12.7. The molecular formula is C18H19FN2. The maximum atomic E-state index is 13.1. The number of fused-ring (bicyclic) bond motifs is 1. The van der Waals surface area contributed by atoms with E-state index in [4.69, 9.17) is 4.98 Å². The van der Waals surface area contributed by atoms with Crippen molar-refractivity contribution in [3.8, 4) is 11.4 Å². The van der Waals surface area contributed by atoms with Crippen LogP contribution in [0, 0.1) is 11.7 Å². The van der Waals surface area contributed by atoms with Crippen LogP contribution in [0.15, 0.2) is 48.5 Å². The fourth-order valence-electron chi connectivity index (χ4n) is 2.52. The van der Waals surface area contributed by atoms with Crippen LogP contribution in [-0.2, 0) is 6.54 Å². The Morgan fingerprint density at radius 2 is 1.81 bits per heavy atom. The summed E-state index contributed by atoms with van der Waals surface area (Å²) < 4.78 is 15.4. The minimum atomic E-state index is -0.219. The zero-order valence-electron chi connectivity index (χ0n) is 12.4.